The summed E-state index contributed by atoms with van der Waals surface area (Å²) < 4.78 is 5.05. The highest BCUT2D eigenvalue weighted by Crippen LogP contribution is 2.35. The number of hydrogen-bond donors (Lipinski definition) is 1. The van der Waals surface area contributed by atoms with Crippen molar-refractivity contribution in [2.45, 2.75) is 32.4 Å². The summed E-state index contributed by atoms with van der Waals surface area (Å²) in [7, 11) is 0. The van der Waals surface area contributed by atoms with Crippen molar-refractivity contribution < 1.29 is 14.1 Å². The first-order valence-corrected chi connectivity index (χ1v) is 8.02. The Bertz CT molecular complexity index is 823. The largest absolute Gasteiger partial charge is 0.337 e. The molecule has 1 atom stereocenters. The lowest BCUT2D eigenvalue weighted by Crippen LogP contribution is -2.41. The Morgan fingerprint density at radius 2 is 2.08 bits per heavy atom. The summed E-state index contributed by atoms with van der Waals surface area (Å²) in [6.45, 7) is 3.37. The lowest BCUT2D eigenvalue weighted by atomic mass is 9.92. The molecule has 2 aromatic rings. The molecule has 1 unspecified atom stereocenters. The summed E-state index contributed by atoms with van der Waals surface area (Å²) in [6.07, 6.45) is 0.599. The molecule has 3 amide bonds. The van der Waals surface area contributed by atoms with Crippen LogP contribution in [-0.2, 0) is 23.3 Å². The number of carbonyl (C=O) groups excluding carboxylic acids is 2. The fourth-order valence-corrected chi connectivity index (χ4v) is 3.15. The predicted molar refractivity (Wildman–Crippen MR) is 86.6 cm³/mol. The summed E-state index contributed by atoms with van der Waals surface area (Å²) in [6, 6.07) is 4.21. The second-order valence-electron chi connectivity index (χ2n) is 5.53. The van der Waals surface area contributed by atoms with E-state index >= 15 is 0 Å². The number of carbonyl (C=O) groups is 2. The molecule has 1 aliphatic rings. The molecule has 0 radical (unpaired) electrons. The van der Waals surface area contributed by atoms with Crippen molar-refractivity contribution in [3.05, 3.63) is 45.5 Å². The lowest BCUT2D eigenvalue weighted by molar-refractivity contribution is -0.131. The number of urea groups is 1. The molecule has 1 saturated heterocycles. The fraction of sp³-hybridized carbons (Fsp3) is 0.333. The zero-order valence-corrected chi connectivity index (χ0v) is 14.5. The van der Waals surface area contributed by atoms with Crippen molar-refractivity contribution in [2.24, 2.45) is 0 Å². The number of imide groups is 1. The zero-order valence-electron chi connectivity index (χ0n) is 13.0. The maximum atomic E-state index is 12.8. The van der Waals surface area contributed by atoms with Gasteiger partial charge < -0.3 is 9.84 Å². The smallest absolute Gasteiger partial charge is 0.325 e. The van der Waals surface area contributed by atoms with Crippen LogP contribution in [0.1, 0.15) is 31.1 Å². The average Bonchev–Trinajstić information content (AvgIpc) is 3.06. The van der Waals surface area contributed by atoms with Gasteiger partial charge in [0.25, 0.3) is 5.91 Å². The standard InChI is InChI=1S/C15H14Cl2N4O3/c1-3-11-18-12(24-20-11)7-21-13(22)15(2,19-14(21)23)9-5-4-8(16)6-10(9)17/h4-6H,3,7H2,1-2H3,(H,19,23). The molecule has 126 valence electrons. The van der Waals surface area contributed by atoms with Gasteiger partial charge in [0.1, 0.15) is 12.1 Å². The Morgan fingerprint density at radius 3 is 2.71 bits per heavy atom. The molecule has 3 rings (SSSR count). The van der Waals surface area contributed by atoms with Crippen LogP contribution in [0.2, 0.25) is 10.0 Å². The van der Waals surface area contributed by atoms with Gasteiger partial charge in [0.15, 0.2) is 5.82 Å². The van der Waals surface area contributed by atoms with Gasteiger partial charge in [-0.15, -0.1) is 0 Å². The van der Waals surface area contributed by atoms with Crippen LogP contribution in [0.4, 0.5) is 4.79 Å². The van der Waals surface area contributed by atoms with Crippen molar-refractivity contribution in [2.75, 3.05) is 0 Å². The number of rotatable bonds is 4. The molecule has 24 heavy (non-hydrogen) atoms. The van der Waals surface area contributed by atoms with E-state index in [2.05, 4.69) is 15.5 Å². The third kappa shape index (κ3) is 2.74. The van der Waals surface area contributed by atoms with E-state index in [9.17, 15) is 9.59 Å². The molecule has 2 heterocycles. The van der Waals surface area contributed by atoms with Crippen LogP contribution in [0.15, 0.2) is 22.7 Å². The molecule has 1 fully saturated rings. The van der Waals surface area contributed by atoms with Gasteiger partial charge in [0.2, 0.25) is 5.89 Å². The molecular formula is C15H14Cl2N4O3. The molecule has 1 N–H and O–H groups in total. The zero-order chi connectivity index (χ0) is 17.5. The van der Waals surface area contributed by atoms with Gasteiger partial charge in [-0.2, -0.15) is 4.98 Å². The van der Waals surface area contributed by atoms with E-state index in [4.69, 9.17) is 27.7 Å². The second kappa shape index (κ2) is 6.07. The molecule has 0 saturated carbocycles. The second-order valence-corrected chi connectivity index (χ2v) is 6.37. The van der Waals surface area contributed by atoms with E-state index in [1.54, 1.807) is 19.1 Å². The van der Waals surface area contributed by atoms with Crippen molar-refractivity contribution in [1.82, 2.24) is 20.4 Å². The summed E-state index contributed by atoms with van der Waals surface area (Å²) in [5.74, 6) is 0.260. The van der Waals surface area contributed by atoms with Crippen LogP contribution in [0.3, 0.4) is 0 Å². The SMILES string of the molecule is CCc1noc(CN2C(=O)NC(C)(c3ccc(Cl)cc3Cl)C2=O)n1. The molecule has 7 nitrogen and oxygen atoms in total. The van der Waals surface area contributed by atoms with Crippen LogP contribution < -0.4 is 5.32 Å². The Kier molecular flexibility index (Phi) is 4.23. The van der Waals surface area contributed by atoms with Crippen molar-refractivity contribution in [3.8, 4) is 0 Å². The van der Waals surface area contributed by atoms with Gasteiger partial charge in [-0.3, -0.25) is 9.69 Å². The van der Waals surface area contributed by atoms with Gasteiger partial charge in [-0.25, -0.2) is 4.79 Å². The minimum Gasteiger partial charge on any atom is -0.337 e. The van der Waals surface area contributed by atoms with E-state index in [1.165, 1.54) is 6.07 Å². The summed E-state index contributed by atoms with van der Waals surface area (Å²) in [4.78, 5) is 30.2. The molecular weight excluding hydrogens is 355 g/mol. The number of aromatic nitrogens is 2. The van der Waals surface area contributed by atoms with E-state index in [0.29, 0.717) is 27.9 Å². The molecule has 0 aliphatic carbocycles. The predicted octanol–water partition coefficient (Wildman–Crippen LogP) is 2.91. The van der Waals surface area contributed by atoms with Crippen LogP contribution >= 0.6 is 23.2 Å². The monoisotopic (exact) mass is 368 g/mol. The number of amides is 3. The number of halogens is 2. The molecule has 1 aromatic carbocycles. The Labute approximate surface area is 147 Å². The van der Waals surface area contributed by atoms with Crippen LogP contribution in [-0.4, -0.2) is 27.0 Å². The highest BCUT2D eigenvalue weighted by molar-refractivity contribution is 6.35. The van der Waals surface area contributed by atoms with Crippen LogP contribution in [0.5, 0.6) is 0 Å². The highest BCUT2D eigenvalue weighted by atomic mass is 35.5. The lowest BCUT2D eigenvalue weighted by Gasteiger charge is -2.23. The number of nitrogens with zero attached hydrogens (tertiary/aromatic N) is 3. The molecule has 1 aliphatic heterocycles. The van der Waals surface area contributed by atoms with Crippen molar-refractivity contribution in [1.29, 1.82) is 0 Å². The van der Waals surface area contributed by atoms with E-state index < -0.39 is 17.5 Å². The quantitative estimate of drug-likeness (QED) is 0.838. The average molecular weight is 369 g/mol. The van der Waals surface area contributed by atoms with Crippen molar-refractivity contribution >= 4 is 35.1 Å². The van der Waals surface area contributed by atoms with Gasteiger partial charge >= 0.3 is 6.03 Å². The first-order chi connectivity index (χ1) is 11.3. The molecule has 0 bridgehead atoms. The topological polar surface area (TPSA) is 88.3 Å². The molecule has 9 heteroatoms. The van der Waals surface area contributed by atoms with Crippen LogP contribution in [0, 0.1) is 0 Å². The summed E-state index contributed by atoms with van der Waals surface area (Å²) in [5.41, 5.74) is -0.819. The maximum absolute atomic E-state index is 12.8. The van der Waals surface area contributed by atoms with E-state index in [0.717, 1.165) is 4.90 Å². The first-order valence-electron chi connectivity index (χ1n) is 7.26. The molecule has 0 spiro atoms. The Morgan fingerprint density at radius 1 is 1.33 bits per heavy atom. The van der Waals surface area contributed by atoms with Gasteiger partial charge in [0.05, 0.1) is 0 Å². The van der Waals surface area contributed by atoms with Crippen LogP contribution in [0.25, 0.3) is 0 Å². The van der Waals surface area contributed by atoms with Crippen molar-refractivity contribution in [3.63, 3.8) is 0 Å². The first kappa shape index (κ1) is 16.7. The third-order valence-corrected chi connectivity index (χ3v) is 4.41. The van der Waals surface area contributed by atoms with Gasteiger partial charge in [-0.05, 0) is 19.1 Å². The third-order valence-electron chi connectivity index (χ3n) is 3.86. The normalized spacial score (nSPS) is 20.6. The minimum absolute atomic E-state index is 0.0987. The fourth-order valence-electron chi connectivity index (χ4n) is 2.55. The van der Waals surface area contributed by atoms with Gasteiger partial charge in [-0.1, -0.05) is 41.3 Å². The highest BCUT2D eigenvalue weighted by Gasteiger charge is 2.50. The Balaban J connectivity index is 1.90. The van der Waals surface area contributed by atoms with Gasteiger partial charge in [0, 0.05) is 22.0 Å². The number of benzene rings is 1. The summed E-state index contributed by atoms with van der Waals surface area (Å²) in [5, 5.41) is 7.16. The summed E-state index contributed by atoms with van der Waals surface area (Å²) >= 11 is 12.1. The Hall–Kier alpha value is -2.12. The minimum atomic E-state index is -1.29. The van der Waals surface area contributed by atoms with E-state index in [1.807, 2.05) is 6.92 Å². The molecule has 1 aromatic heterocycles. The maximum Gasteiger partial charge on any atom is 0.325 e. The number of hydrogen-bond acceptors (Lipinski definition) is 5. The van der Waals surface area contributed by atoms with E-state index in [-0.39, 0.29) is 12.4 Å². The number of aryl methyl sites for hydroxylation is 1. The number of nitrogens with one attached hydrogen (secondary N) is 1.